The van der Waals surface area contributed by atoms with Gasteiger partial charge in [0.05, 0.1) is 0 Å². The molecule has 0 saturated carbocycles. The summed E-state index contributed by atoms with van der Waals surface area (Å²) in [6.45, 7) is 3.61. The molecule has 0 amide bonds. The van der Waals surface area contributed by atoms with Crippen molar-refractivity contribution in [1.82, 2.24) is 5.43 Å². The molecule has 0 spiro atoms. The molecule has 11 heavy (non-hydrogen) atoms. The van der Waals surface area contributed by atoms with Gasteiger partial charge < -0.3 is 5.11 Å². The Morgan fingerprint density at radius 3 is 2.82 bits per heavy atom. The van der Waals surface area contributed by atoms with Crippen molar-refractivity contribution in [3.8, 4) is 0 Å². The fourth-order valence-corrected chi connectivity index (χ4v) is 1.02. The Hall–Kier alpha value is -1.06. The lowest BCUT2D eigenvalue weighted by atomic mass is 9.97. The highest BCUT2D eigenvalue weighted by Crippen LogP contribution is 2.17. The first-order chi connectivity index (χ1) is 5.08. The standard InChI is InChI=1S/C7H12N2O2/c1-3-5-4-7(2,6(10)11)9-8-5/h9H,3-4H2,1-2H3,(H,10,11). The second-order valence-electron chi connectivity index (χ2n) is 2.96. The number of rotatable bonds is 2. The van der Waals surface area contributed by atoms with E-state index in [2.05, 4.69) is 10.5 Å². The maximum absolute atomic E-state index is 10.6. The molecule has 0 fully saturated rings. The number of nitrogens with zero attached hydrogens (tertiary/aromatic N) is 1. The van der Waals surface area contributed by atoms with E-state index in [0.717, 1.165) is 12.1 Å². The number of carboxylic acids is 1. The minimum Gasteiger partial charge on any atom is -0.479 e. The summed E-state index contributed by atoms with van der Waals surface area (Å²) < 4.78 is 0. The van der Waals surface area contributed by atoms with E-state index in [1.165, 1.54) is 0 Å². The van der Waals surface area contributed by atoms with Gasteiger partial charge in [-0.1, -0.05) is 6.92 Å². The van der Waals surface area contributed by atoms with Crippen LogP contribution in [0.2, 0.25) is 0 Å². The van der Waals surface area contributed by atoms with Crippen molar-refractivity contribution in [2.24, 2.45) is 5.10 Å². The van der Waals surface area contributed by atoms with Crippen LogP contribution in [0.5, 0.6) is 0 Å². The van der Waals surface area contributed by atoms with Crippen molar-refractivity contribution in [2.75, 3.05) is 0 Å². The first kappa shape index (κ1) is 8.04. The Balaban J connectivity index is 2.64. The van der Waals surface area contributed by atoms with E-state index >= 15 is 0 Å². The monoisotopic (exact) mass is 156 g/mol. The van der Waals surface area contributed by atoms with Gasteiger partial charge in [-0.3, -0.25) is 5.43 Å². The van der Waals surface area contributed by atoms with Crippen molar-refractivity contribution in [3.05, 3.63) is 0 Å². The summed E-state index contributed by atoms with van der Waals surface area (Å²) in [6.07, 6.45) is 1.33. The Labute approximate surface area is 65.3 Å². The molecule has 4 heteroatoms. The fourth-order valence-electron chi connectivity index (χ4n) is 1.02. The third kappa shape index (κ3) is 1.34. The normalized spacial score (nSPS) is 29.5. The van der Waals surface area contributed by atoms with Crippen LogP contribution in [-0.4, -0.2) is 22.3 Å². The third-order valence-electron chi connectivity index (χ3n) is 1.90. The largest absolute Gasteiger partial charge is 0.479 e. The van der Waals surface area contributed by atoms with Crippen LogP contribution in [0.25, 0.3) is 0 Å². The van der Waals surface area contributed by atoms with Crippen LogP contribution in [-0.2, 0) is 4.79 Å². The molecule has 1 atom stereocenters. The Bertz CT molecular complexity index is 212. The van der Waals surface area contributed by atoms with Gasteiger partial charge in [-0.2, -0.15) is 5.10 Å². The molecule has 1 aliphatic heterocycles. The van der Waals surface area contributed by atoms with Gasteiger partial charge in [0.1, 0.15) is 0 Å². The number of nitrogens with one attached hydrogen (secondary N) is 1. The van der Waals surface area contributed by atoms with Crippen LogP contribution in [0.1, 0.15) is 26.7 Å². The quantitative estimate of drug-likeness (QED) is 0.615. The zero-order chi connectivity index (χ0) is 8.48. The molecule has 1 rings (SSSR count). The van der Waals surface area contributed by atoms with Gasteiger partial charge in [0, 0.05) is 12.1 Å². The van der Waals surface area contributed by atoms with E-state index in [-0.39, 0.29) is 0 Å². The van der Waals surface area contributed by atoms with Gasteiger partial charge in [0.2, 0.25) is 0 Å². The van der Waals surface area contributed by atoms with E-state index in [1.54, 1.807) is 6.92 Å². The summed E-state index contributed by atoms with van der Waals surface area (Å²) in [6, 6.07) is 0. The zero-order valence-corrected chi connectivity index (χ0v) is 6.72. The van der Waals surface area contributed by atoms with Gasteiger partial charge >= 0.3 is 5.97 Å². The molecule has 0 bridgehead atoms. The molecule has 0 aromatic carbocycles. The van der Waals surface area contributed by atoms with Crippen molar-refractivity contribution in [1.29, 1.82) is 0 Å². The van der Waals surface area contributed by atoms with Crippen LogP contribution in [0.4, 0.5) is 0 Å². The van der Waals surface area contributed by atoms with Crippen LogP contribution in [0.3, 0.4) is 0 Å². The number of hydrogen-bond acceptors (Lipinski definition) is 3. The molecule has 4 nitrogen and oxygen atoms in total. The number of carboxylic acid groups (broad SMARTS) is 1. The molecule has 1 aliphatic rings. The first-order valence-corrected chi connectivity index (χ1v) is 3.64. The minimum absolute atomic E-state index is 0.513. The van der Waals surface area contributed by atoms with Crippen molar-refractivity contribution < 1.29 is 9.90 Å². The Morgan fingerprint density at radius 2 is 2.55 bits per heavy atom. The minimum atomic E-state index is -0.870. The summed E-state index contributed by atoms with van der Waals surface area (Å²) in [4.78, 5) is 10.6. The average molecular weight is 156 g/mol. The maximum atomic E-state index is 10.6. The van der Waals surface area contributed by atoms with Gasteiger partial charge in [-0.25, -0.2) is 4.79 Å². The van der Waals surface area contributed by atoms with Gasteiger partial charge in [-0.05, 0) is 13.3 Å². The molecular formula is C7H12N2O2. The predicted molar refractivity (Wildman–Crippen MR) is 41.5 cm³/mol. The van der Waals surface area contributed by atoms with Crippen LogP contribution in [0.15, 0.2) is 5.10 Å². The van der Waals surface area contributed by atoms with Crippen LogP contribution < -0.4 is 5.43 Å². The topological polar surface area (TPSA) is 61.7 Å². The second-order valence-corrected chi connectivity index (χ2v) is 2.96. The lowest BCUT2D eigenvalue weighted by Gasteiger charge is -2.16. The lowest BCUT2D eigenvalue weighted by Crippen LogP contribution is -2.43. The van der Waals surface area contributed by atoms with E-state index in [0.29, 0.717) is 6.42 Å². The number of hydrazone groups is 1. The Morgan fingerprint density at radius 1 is 1.91 bits per heavy atom. The molecule has 0 aromatic heterocycles. The molecule has 0 radical (unpaired) electrons. The summed E-state index contributed by atoms with van der Waals surface area (Å²) in [5, 5.41) is 12.7. The highest BCUT2D eigenvalue weighted by molar-refractivity contribution is 5.93. The predicted octanol–water partition coefficient (Wildman–Crippen LogP) is 0.589. The fraction of sp³-hybridized carbons (Fsp3) is 0.714. The van der Waals surface area contributed by atoms with E-state index in [1.807, 2.05) is 6.92 Å². The summed E-state index contributed by atoms with van der Waals surface area (Å²) in [5.41, 5.74) is 2.68. The highest BCUT2D eigenvalue weighted by atomic mass is 16.4. The van der Waals surface area contributed by atoms with Crippen molar-refractivity contribution in [2.45, 2.75) is 32.2 Å². The maximum Gasteiger partial charge on any atom is 0.331 e. The average Bonchev–Trinajstić information content (AvgIpc) is 2.33. The van der Waals surface area contributed by atoms with Crippen LogP contribution in [0, 0.1) is 0 Å². The molecule has 1 heterocycles. The van der Waals surface area contributed by atoms with E-state index < -0.39 is 11.5 Å². The van der Waals surface area contributed by atoms with Crippen LogP contribution >= 0.6 is 0 Å². The smallest absolute Gasteiger partial charge is 0.331 e. The molecule has 0 saturated heterocycles. The SMILES string of the molecule is CCC1=NNC(C)(C(=O)O)C1. The third-order valence-corrected chi connectivity index (χ3v) is 1.90. The Kier molecular flexibility index (Phi) is 1.85. The molecule has 0 aromatic rings. The number of aliphatic carboxylic acids is 1. The van der Waals surface area contributed by atoms with Crippen molar-refractivity contribution in [3.63, 3.8) is 0 Å². The molecule has 2 N–H and O–H groups in total. The van der Waals surface area contributed by atoms with E-state index in [9.17, 15) is 4.79 Å². The molecule has 0 aliphatic carbocycles. The zero-order valence-electron chi connectivity index (χ0n) is 6.72. The summed E-state index contributed by atoms with van der Waals surface area (Å²) in [7, 11) is 0. The summed E-state index contributed by atoms with van der Waals surface area (Å²) >= 11 is 0. The van der Waals surface area contributed by atoms with Crippen molar-refractivity contribution >= 4 is 11.7 Å². The highest BCUT2D eigenvalue weighted by Gasteiger charge is 2.37. The van der Waals surface area contributed by atoms with E-state index in [4.69, 9.17) is 5.11 Å². The second kappa shape index (κ2) is 2.53. The summed E-state index contributed by atoms with van der Waals surface area (Å²) in [5.74, 6) is -0.843. The molecular weight excluding hydrogens is 144 g/mol. The number of hydrogen-bond donors (Lipinski definition) is 2. The van der Waals surface area contributed by atoms with Gasteiger partial charge in [0.15, 0.2) is 5.54 Å². The van der Waals surface area contributed by atoms with Gasteiger partial charge in [0.25, 0.3) is 0 Å². The number of carbonyl (C=O) groups is 1. The lowest BCUT2D eigenvalue weighted by molar-refractivity contribution is -0.143. The molecule has 1 unspecified atom stereocenters. The van der Waals surface area contributed by atoms with Gasteiger partial charge in [-0.15, -0.1) is 0 Å². The first-order valence-electron chi connectivity index (χ1n) is 3.64. The molecule has 62 valence electrons.